The lowest BCUT2D eigenvalue weighted by atomic mass is 9.91. The number of amides is 1. The molecule has 2 aromatic carbocycles. The Labute approximate surface area is 187 Å². The van der Waals surface area contributed by atoms with Crippen LogP contribution >= 0.6 is 0 Å². The number of hydrogen-bond acceptors (Lipinski definition) is 3. The van der Waals surface area contributed by atoms with Gasteiger partial charge in [-0.2, -0.15) is 0 Å². The van der Waals surface area contributed by atoms with E-state index in [1.54, 1.807) is 25.6 Å². The highest BCUT2D eigenvalue weighted by Crippen LogP contribution is 2.42. The minimum Gasteiger partial charge on any atom is -0.495 e. The second-order valence-corrected chi connectivity index (χ2v) is 8.59. The van der Waals surface area contributed by atoms with Crippen LogP contribution in [0.3, 0.4) is 0 Å². The average molecular weight is 432 g/mol. The van der Waals surface area contributed by atoms with Crippen LogP contribution in [0.2, 0.25) is 0 Å². The van der Waals surface area contributed by atoms with Crippen molar-refractivity contribution in [3.63, 3.8) is 0 Å². The number of carbonyl (C=O) groups is 1. The third-order valence-corrected chi connectivity index (χ3v) is 6.50. The van der Waals surface area contributed by atoms with Crippen LogP contribution in [0, 0.1) is 12.7 Å². The van der Waals surface area contributed by atoms with Crippen LogP contribution in [-0.2, 0) is 4.79 Å². The molecule has 3 aromatic rings. The van der Waals surface area contributed by atoms with Gasteiger partial charge in [-0.25, -0.2) is 9.37 Å². The fourth-order valence-corrected chi connectivity index (χ4v) is 4.98. The van der Waals surface area contributed by atoms with Crippen molar-refractivity contribution < 1.29 is 13.9 Å². The van der Waals surface area contributed by atoms with Crippen LogP contribution in [0.1, 0.15) is 48.5 Å². The maximum Gasteiger partial charge on any atom is 0.250 e. The van der Waals surface area contributed by atoms with E-state index in [2.05, 4.69) is 4.98 Å². The van der Waals surface area contributed by atoms with E-state index in [0.717, 1.165) is 59.5 Å². The Balaban J connectivity index is 1.43. The summed E-state index contributed by atoms with van der Waals surface area (Å²) in [6.07, 6.45) is 9.41. The van der Waals surface area contributed by atoms with Crippen LogP contribution in [0.15, 0.2) is 60.6 Å². The van der Waals surface area contributed by atoms with E-state index in [9.17, 15) is 9.18 Å². The molecule has 2 aliphatic rings. The van der Waals surface area contributed by atoms with Gasteiger partial charge in [-0.3, -0.25) is 4.79 Å². The molecule has 2 atom stereocenters. The third-order valence-electron chi connectivity index (χ3n) is 6.50. The number of benzene rings is 2. The van der Waals surface area contributed by atoms with E-state index in [1.165, 1.54) is 12.1 Å². The zero-order chi connectivity index (χ0) is 22.2. The van der Waals surface area contributed by atoms with E-state index >= 15 is 0 Å². The predicted octanol–water partition coefficient (Wildman–Crippen LogP) is 5.24. The quantitative estimate of drug-likeness (QED) is 0.531. The van der Waals surface area contributed by atoms with Crippen molar-refractivity contribution in [1.82, 2.24) is 14.5 Å². The fraction of sp³-hybridized carbons (Fsp3) is 0.308. The second-order valence-electron chi connectivity index (χ2n) is 8.59. The van der Waals surface area contributed by atoms with Crippen LogP contribution in [0.25, 0.3) is 11.8 Å². The zero-order valence-electron chi connectivity index (χ0n) is 18.3. The first kappa shape index (κ1) is 20.5. The number of piperidine rings is 1. The first-order chi connectivity index (χ1) is 15.5. The molecule has 0 aliphatic carbocycles. The summed E-state index contributed by atoms with van der Waals surface area (Å²) in [5.41, 5.74) is 4.59. The molecule has 0 radical (unpaired) electrons. The van der Waals surface area contributed by atoms with Gasteiger partial charge in [0.15, 0.2) is 0 Å². The summed E-state index contributed by atoms with van der Waals surface area (Å²) in [6.45, 7) is 1.95. The largest absolute Gasteiger partial charge is 0.495 e. The molecule has 5 rings (SSSR count). The summed E-state index contributed by atoms with van der Waals surface area (Å²) in [6, 6.07) is 12.7. The van der Waals surface area contributed by atoms with Gasteiger partial charge < -0.3 is 14.2 Å². The lowest BCUT2D eigenvalue weighted by Gasteiger charge is -2.37. The molecule has 6 heteroatoms. The maximum absolute atomic E-state index is 13.4. The molecule has 5 nitrogen and oxygen atoms in total. The van der Waals surface area contributed by atoms with Crippen molar-refractivity contribution in [1.29, 1.82) is 0 Å². The van der Waals surface area contributed by atoms with Crippen molar-refractivity contribution in [3.05, 3.63) is 83.2 Å². The highest BCUT2D eigenvalue weighted by Gasteiger charge is 2.42. The Morgan fingerprint density at radius 1 is 1.16 bits per heavy atom. The van der Waals surface area contributed by atoms with Gasteiger partial charge in [0.25, 0.3) is 5.91 Å². The molecule has 2 fully saturated rings. The van der Waals surface area contributed by atoms with Crippen molar-refractivity contribution in [2.24, 2.45) is 0 Å². The normalized spacial score (nSPS) is 21.8. The SMILES string of the molecule is COc1cc(/C=C2\C[C@H]3CCC[C@H](c4ccc(F)cc4)N3C2=O)ccc1-n1cnc(C)c1. The molecule has 32 heavy (non-hydrogen) atoms. The molecule has 2 aliphatic heterocycles. The number of hydrogen-bond donors (Lipinski definition) is 0. The van der Waals surface area contributed by atoms with Gasteiger partial charge in [0.05, 0.1) is 30.9 Å². The van der Waals surface area contributed by atoms with E-state index in [-0.39, 0.29) is 23.8 Å². The Morgan fingerprint density at radius 3 is 2.69 bits per heavy atom. The number of fused-ring (bicyclic) bond motifs is 1. The van der Waals surface area contributed by atoms with Crippen LogP contribution in [0.4, 0.5) is 4.39 Å². The molecule has 0 N–H and O–H groups in total. The number of imidazole rings is 1. The molecule has 2 saturated heterocycles. The Morgan fingerprint density at radius 2 is 1.97 bits per heavy atom. The number of carbonyl (C=O) groups excluding carboxylic acids is 1. The summed E-state index contributed by atoms with van der Waals surface area (Å²) in [4.78, 5) is 19.7. The number of rotatable bonds is 4. The van der Waals surface area contributed by atoms with Crippen molar-refractivity contribution >= 4 is 12.0 Å². The van der Waals surface area contributed by atoms with Crippen LogP contribution in [0.5, 0.6) is 5.75 Å². The molecule has 0 saturated carbocycles. The van der Waals surface area contributed by atoms with Crippen molar-refractivity contribution in [2.75, 3.05) is 7.11 Å². The topological polar surface area (TPSA) is 47.4 Å². The monoisotopic (exact) mass is 431 g/mol. The van der Waals surface area contributed by atoms with Crippen LogP contribution < -0.4 is 4.74 Å². The second kappa shape index (κ2) is 8.26. The highest BCUT2D eigenvalue weighted by atomic mass is 19.1. The predicted molar refractivity (Wildman–Crippen MR) is 121 cm³/mol. The zero-order valence-corrected chi connectivity index (χ0v) is 18.3. The molecule has 1 aromatic heterocycles. The summed E-state index contributed by atoms with van der Waals surface area (Å²) >= 11 is 0. The van der Waals surface area contributed by atoms with E-state index in [1.807, 2.05) is 46.9 Å². The number of methoxy groups -OCH3 is 1. The highest BCUT2D eigenvalue weighted by molar-refractivity contribution is 6.00. The van der Waals surface area contributed by atoms with Gasteiger partial charge >= 0.3 is 0 Å². The lowest BCUT2D eigenvalue weighted by molar-refractivity contribution is -0.130. The average Bonchev–Trinajstić information content (AvgIpc) is 3.37. The minimum atomic E-state index is -0.252. The smallest absolute Gasteiger partial charge is 0.250 e. The van der Waals surface area contributed by atoms with Gasteiger partial charge in [0.2, 0.25) is 0 Å². The Hall–Kier alpha value is -3.41. The first-order valence-corrected chi connectivity index (χ1v) is 11.0. The maximum atomic E-state index is 13.4. The Bertz CT molecular complexity index is 1180. The van der Waals surface area contributed by atoms with Crippen LogP contribution in [-0.4, -0.2) is 33.5 Å². The fourth-order valence-electron chi connectivity index (χ4n) is 4.98. The first-order valence-electron chi connectivity index (χ1n) is 11.0. The minimum absolute atomic E-state index is 0.00847. The van der Waals surface area contributed by atoms with E-state index in [0.29, 0.717) is 0 Å². The third kappa shape index (κ3) is 3.70. The van der Waals surface area contributed by atoms with Gasteiger partial charge in [-0.1, -0.05) is 18.2 Å². The number of aromatic nitrogens is 2. The number of aryl methyl sites for hydroxylation is 1. The summed E-state index contributed by atoms with van der Waals surface area (Å²) in [7, 11) is 1.65. The standard InChI is InChI=1S/C26H26FN3O2/c1-17-15-29(16-28-17)24-11-6-18(13-25(24)32-2)12-20-14-22-4-3-5-23(30(22)26(20)31)19-7-9-21(27)10-8-19/h6-13,15-16,22-23H,3-5,14H2,1-2H3/b20-12+/t22-,23-/m1/s1. The number of ether oxygens (including phenoxy) is 1. The van der Waals surface area contributed by atoms with Crippen molar-refractivity contribution in [2.45, 2.75) is 44.7 Å². The Kier molecular flexibility index (Phi) is 5.29. The summed E-state index contributed by atoms with van der Waals surface area (Å²) in [5, 5.41) is 0. The molecule has 164 valence electrons. The molecule has 3 heterocycles. The van der Waals surface area contributed by atoms with Gasteiger partial charge in [0.1, 0.15) is 11.6 Å². The van der Waals surface area contributed by atoms with E-state index < -0.39 is 0 Å². The molecule has 0 bridgehead atoms. The molecule has 0 spiro atoms. The van der Waals surface area contributed by atoms with Gasteiger partial charge in [-0.05, 0) is 74.1 Å². The number of nitrogens with zero attached hydrogens (tertiary/aromatic N) is 3. The summed E-state index contributed by atoms with van der Waals surface area (Å²) < 4.78 is 20.9. The summed E-state index contributed by atoms with van der Waals surface area (Å²) in [5.74, 6) is 0.555. The number of halogens is 1. The molecular weight excluding hydrogens is 405 g/mol. The van der Waals surface area contributed by atoms with Gasteiger partial charge in [-0.15, -0.1) is 0 Å². The molecule has 1 amide bonds. The lowest BCUT2D eigenvalue weighted by Crippen LogP contribution is -2.39. The van der Waals surface area contributed by atoms with E-state index in [4.69, 9.17) is 4.74 Å². The van der Waals surface area contributed by atoms with Crippen molar-refractivity contribution in [3.8, 4) is 11.4 Å². The van der Waals surface area contributed by atoms with Gasteiger partial charge in [0, 0.05) is 17.8 Å². The molecule has 0 unspecified atom stereocenters. The molecular formula is C26H26FN3O2.